The van der Waals surface area contributed by atoms with Crippen LogP contribution in [0.1, 0.15) is 42.2 Å². The summed E-state index contributed by atoms with van der Waals surface area (Å²) in [6.07, 6.45) is -6.52. The minimum atomic E-state index is -3.74. The number of rotatable bonds is 6. The van der Waals surface area contributed by atoms with Crippen molar-refractivity contribution >= 4 is 0 Å². The van der Waals surface area contributed by atoms with Crippen molar-refractivity contribution in [3.63, 3.8) is 0 Å². The van der Waals surface area contributed by atoms with Crippen LogP contribution in [0.25, 0.3) is 0 Å². The van der Waals surface area contributed by atoms with Crippen molar-refractivity contribution in [2.75, 3.05) is 6.61 Å². The third-order valence-electron chi connectivity index (χ3n) is 5.33. The Kier molecular flexibility index (Phi) is 6.77. The third-order valence-corrected chi connectivity index (χ3v) is 5.33. The van der Waals surface area contributed by atoms with Gasteiger partial charge in [-0.3, -0.25) is 0 Å². The standard InChI is InChI=1S/C23H28F2O5/c1-13(2)29-18-8-5-15(6-9-18)10-17-11-16(7-4-14(17)3)21-20(27)22(28)23(24,25)19(12-26)30-21/h4-9,11,13,19-22,26-28H,10,12H2,1-3H3/t19-,20+,21+,22-/m1/s1. The smallest absolute Gasteiger partial charge is 0.303 e. The van der Waals surface area contributed by atoms with Crippen LogP contribution in [0.15, 0.2) is 42.5 Å². The molecule has 0 radical (unpaired) electrons. The van der Waals surface area contributed by atoms with E-state index in [0.29, 0.717) is 12.0 Å². The van der Waals surface area contributed by atoms with Gasteiger partial charge in [0.25, 0.3) is 0 Å². The van der Waals surface area contributed by atoms with E-state index < -0.39 is 36.9 Å². The van der Waals surface area contributed by atoms with E-state index in [4.69, 9.17) is 9.47 Å². The molecule has 0 aromatic heterocycles. The summed E-state index contributed by atoms with van der Waals surface area (Å²) in [4.78, 5) is 0. The number of aliphatic hydroxyl groups excluding tert-OH is 3. The number of benzene rings is 2. The van der Waals surface area contributed by atoms with Crippen molar-refractivity contribution in [2.24, 2.45) is 0 Å². The molecular weight excluding hydrogens is 394 g/mol. The zero-order chi connectivity index (χ0) is 22.1. The average Bonchev–Trinajstić information content (AvgIpc) is 2.69. The minimum absolute atomic E-state index is 0.0853. The number of ether oxygens (including phenoxy) is 2. The van der Waals surface area contributed by atoms with Gasteiger partial charge in [-0.25, -0.2) is 8.78 Å². The van der Waals surface area contributed by atoms with E-state index in [2.05, 4.69) is 0 Å². The van der Waals surface area contributed by atoms with E-state index in [9.17, 15) is 24.1 Å². The van der Waals surface area contributed by atoms with Gasteiger partial charge in [-0.05, 0) is 61.6 Å². The summed E-state index contributed by atoms with van der Waals surface area (Å²) < 4.78 is 39.0. The molecule has 1 fully saturated rings. The highest BCUT2D eigenvalue weighted by atomic mass is 19.3. The van der Waals surface area contributed by atoms with Crippen molar-refractivity contribution in [3.8, 4) is 5.75 Å². The maximum atomic E-state index is 14.0. The first-order valence-corrected chi connectivity index (χ1v) is 9.98. The predicted molar refractivity (Wildman–Crippen MR) is 108 cm³/mol. The SMILES string of the molecule is Cc1ccc([C@@H]2O[C@H](CO)C(F)(F)[C@H](O)[C@H]2O)cc1Cc1ccc(OC(C)C)cc1. The van der Waals surface area contributed by atoms with Crippen LogP contribution in [0.5, 0.6) is 5.75 Å². The first-order valence-electron chi connectivity index (χ1n) is 9.98. The molecule has 4 atom stereocenters. The van der Waals surface area contributed by atoms with Gasteiger partial charge >= 0.3 is 5.92 Å². The number of hydrogen-bond acceptors (Lipinski definition) is 5. The molecule has 0 saturated carbocycles. The van der Waals surface area contributed by atoms with Gasteiger partial charge < -0.3 is 24.8 Å². The Bertz CT molecular complexity index is 849. The second-order valence-electron chi connectivity index (χ2n) is 8.01. The van der Waals surface area contributed by atoms with Crippen molar-refractivity contribution < 1.29 is 33.6 Å². The van der Waals surface area contributed by atoms with Gasteiger partial charge in [0.1, 0.15) is 30.2 Å². The van der Waals surface area contributed by atoms with Gasteiger partial charge in [0.2, 0.25) is 0 Å². The first kappa shape index (κ1) is 22.6. The molecule has 1 aliphatic heterocycles. The van der Waals surface area contributed by atoms with Crippen molar-refractivity contribution in [1.29, 1.82) is 0 Å². The quantitative estimate of drug-likeness (QED) is 0.667. The molecule has 0 spiro atoms. The topological polar surface area (TPSA) is 79.2 Å². The summed E-state index contributed by atoms with van der Waals surface area (Å²) in [5, 5.41) is 29.4. The van der Waals surface area contributed by atoms with Gasteiger partial charge in [0, 0.05) is 0 Å². The minimum Gasteiger partial charge on any atom is -0.491 e. The summed E-state index contributed by atoms with van der Waals surface area (Å²) >= 11 is 0. The van der Waals surface area contributed by atoms with E-state index in [0.717, 1.165) is 22.4 Å². The Morgan fingerprint density at radius 2 is 1.77 bits per heavy atom. The highest BCUT2D eigenvalue weighted by Gasteiger charge is 2.57. The lowest BCUT2D eigenvalue weighted by molar-refractivity contribution is -0.296. The Balaban J connectivity index is 1.83. The number of hydrogen-bond donors (Lipinski definition) is 3. The number of aliphatic hydroxyl groups is 3. The van der Waals surface area contributed by atoms with E-state index in [1.807, 2.05) is 51.1 Å². The second-order valence-corrected chi connectivity index (χ2v) is 8.01. The van der Waals surface area contributed by atoms with E-state index >= 15 is 0 Å². The zero-order valence-corrected chi connectivity index (χ0v) is 17.3. The highest BCUT2D eigenvalue weighted by Crippen LogP contribution is 2.41. The first-order chi connectivity index (χ1) is 14.1. The molecular formula is C23H28F2O5. The summed E-state index contributed by atoms with van der Waals surface area (Å²) in [5.74, 6) is -2.96. The lowest BCUT2D eigenvalue weighted by Gasteiger charge is -2.42. The molecule has 5 nitrogen and oxygen atoms in total. The molecule has 0 aliphatic carbocycles. The maximum absolute atomic E-state index is 14.0. The second kappa shape index (κ2) is 8.98. The normalized spacial score (nSPS) is 26.0. The fraction of sp³-hybridized carbons (Fsp3) is 0.478. The third kappa shape index (κ3) is 4.64. The molecule has 2 aromatic rings. The van der Waals surface area contributed by atoms with Crippen molar-refractivity contribution in [2.45, 2.75) is 63.6 Å². The van der Waals surface area contributed by atoms with E-state index in [-0.39, 0.29) is 6.10 Å². The molecule has 164 valence electrons. The molecule has 0 amide bonds. The molecule has 3 N–H and O–H groups in total. The van der Waals surface area contributed by atoms with Crippen molar-refractivity contribution in [3.05, 3.63) is 64.7 Å². The van der Waals surface area contributed by atoms with Crippen LogP contribution in [0.4, 0.5) is 8.78 Å². The Morgan fingerprint density at radius 1 is 1.10 bits per heavy atom. The predicted octanol–water partition coefficient (Wildman–Crippen LogP) is 3.16. The van der Waals surface area contributed by atoms with Crippen LogP contribution in [-0.2, 0) is 11.2 Å². The van der Waals surface area contributed by atoms with Gasteiger partial charge in [-0.15, -0.1) is 0 Å². The van der Waals surface area contributed by atoms with Crippen molar-refractivity contribution in [1.82, 2.24) is 0 Å². The summed E-state index contributed by atoms with van der Waals surface area (Å²) in [6.45, 7) is 4.89. The Morgan fingerprint density at radius 3 is 2.37 bits per heavy atom. The number of aryl methyl sites for hydroxylation is 1. The monoisotopic (exact) mass is 422 g/mol. The molecule has 30 heavy (non-hydrogen) atoms. The lowest BCUT2D eigenvalue weighted by Crippen LogP contribution is -2.59. The zero-order valence-electron chi connectivity index (χ0n) is 17.3. The lowest BCUT2D eigenvalue weighted by atomic mass is 9.88. The van der Waals surface area contributed by atoms with Crippen LogP contribution in [0.3, 0.4) is 0 Å². The molecule has 3 rings (SSSR count). The molecule has 0 unspecified atom stereocenters. The fourth-order valence-electron chi connectivity index (χ4n) is 3.61. The highest BCUT2D eigenvalue weighted by molar-refractivity contribution is 5.38. The Hall–Kier alpha value is -2.06. The molecule has 0 bridgehead atoms. The Labute approximate surface area is 174 Å². The maximum Gasteiger partial charge on any atom is 0.303 e. The summed E-state index contributed by atoms with van der Waals surface area (Å²) in [6, 6.07) is 13.0. The molecule has 1 aliphatic rings. The van der Waals surface area contributed by atoms with Gasteiger partial charge in [-0.2, -0.15) is 0 Å². The van der Waals surface area contributed by atoms with Crippen LogP contribution in [0, 0.1) is 6.92 Å². The van der Waals surface area contributed by atoms with E-state index in [1.165, 1.54) is 0 Å². The van der Waals surface area contributed by atoms with E-state index in [1.54, 1.807) is 12.1 Å². The molecule has 7 heteroatoms. The summed E-state index contributed by atoms with van der Waals surface area (Å²) in [7, 11) is 0. The largest absolute Gasteiger partial charge is 0.491 e. The number of alkyl halides is 2. The molecule has 2 aromatic carbocycles. The van der Waals surface area contributed by atoms with Crippen LogP contribution >= 0.6 is 0 Å². The summed E-state index contributed by atoms with van der Waals surface area (Å²) in [5.41, 5.74) is 3.44. The number of halogens is 2. The average molecular weight is 422 g/mol. The molecule has 1 heterocycles. The van der Waals surface area contributed by atoms with Crippen LogP contribution in [0.2, 0.25) is 0 Å². The van der Waals surface area contributed by atoms with Gasteiger partial charge in [0.05, 0.1) is 12.7 Å². The van der Waals surface area contributed by atoms with Crippen LogP contribution < -0.4 is 4.74 Å². The van der Waals surface area contributed by atoms with Gasteiger partial charge in [0.15, 0.2) is 0 Å². The van der Waals surface area contributed by atoms with Gasteiger partial charge in [-0.1, -0.05) is 30.3 Å². The molecule has 1 saturated heterocycles. The van der Waals surface area contributed by atoms with Crippen LogP contribution in [-0.4, -0.2) is 52.3 Å². The fourth-order valence-corrected chi connectivity index (χ4v) is 3.61.